The third-order valence-electron chi connectivity index (χ3n) is 5.41. The summed E-state index contributed by atoms with van der Waals surface area (Å²) in [5.41, 5.74) is 0.803. The third kappa shape index (κ3) is 5.75. The molecule has 0 radical (unpaired) electrons. The lowest BCUT2D eigenvalue weighted by Gasteiger charge is -2.24. The molecule has 1 N–H and O–H groups in total. The number of methoxy groups -OCH3 is 2. The second kappa shape index (κ2) is 11.1. The number of allylic oxidation sites excluding steroid dienone is 1. The third-order valence-corrected chi connectivity index (χ3v) is 6.22. The second-order valence-electron chi connectivity index (χ2n) is 7.45. The van der Waals surface area contributed by atoms with Gasteiger partial charge in [0.05, 0.1) is 42.4 Å². The van der Waals surface area contributed by atoms with Gasteiger partial charge in [-0.1, -0.05) is 47.0 Å². The Balaban J connectivity index is 1.84. The molecule has 6 nitrogen and oxygen atoms in total. The summed E-state index contributed by atoms with van der Waals surface area (Å²) >= 11 is 18.3. The number of hydrogen-bond acceptors (Lipinski definition) is 5. The number of amides is 1. The molecule has 0 heterocycles. The highest BCUT2D eigenvalue weighted by Gasteiger charge is 2.36. The van der Waals surface area contributed by atoms with Gasteiger partial charge in [0.25, 0.3) is 5.91 Å². The van der Waals surface area contributed by atoms with Crippen molar-refractivity contribution in [2.45, 2.75) is 25.3 Å². The standard InChI is InChI=1S/C24H24Cl3NO5/c1-4-33-24(30)21(17-12-16(31-2)7-8-20(17)32-3)13-5-6-15(9-13)28-23(29)22-18(26)10-14(25)11-19(22)27/h5-8,10-13,15,21H,4,9H2,1-3H3,(H,28,29)/t13-,15-,21+/m1/s1. The quantitative estimate of drug-likeness (QED) is 0.363. The zero-order valence-electron chi connectivity index (χ0n) is 18.4. The van der Waals surface area contributed by atoms with Crippen LogP contribution in [-0.4, -0.2) is 38.7 Å². The Labute approximate surface area is 207 Å². The van der Waals surface area contributed by atoms with Gasteiger partial charge in [-0.25, -0.2) is 0 Å². The molecule has 0 aromatic heterocycles. The lowest BCUT2D eigenvalue weighted by molar-refractivity contribution is -0.146. The molecule has 33 heavy (non-hydrogen) atoms. The highest BCUT2D eigenvalue weighted by Crippen LogP contribution is 2.40. The molecule has 0 fully saturated rings. The number of ether oxygens (including phenoxy) is 3. The summed E-state index contributed by atoms with van der Waals surface area (Å²) in [6.45, 7) is 2.00. The van der Waals surface area contributed by atoms with E-state index in [0.29, 0.717) is 28.5 Å². The van der Waals surface area contributed by atoms with E-state index in [4.69, 9.17) is 49.0 Å². The van der Waals surface area contributed by atoms with Crippen LogP contribution in [-0.2, 0) is 9.53 Å². The highest BCUT2D eigenvalue weighted by atomic mass is 35.5. The van der Waals surface area contributed by atoms with Crippen molar-refractivity contribution in [2.24, 2.45) is 5.92 Å². The molecule has 0 saturated heterocycles. The van der Waals surface area contributed by atoms with Crippen LogP contribution in [0.1, 0.15) is 35.2 Å². The maximum absolute atomic E-state index is 13.0. The second-order valence-corrected chi connectivity index (χ2v) is 8.70. The van der Waals surface area contributed by atoms with Crippen molar-refractivity contribution >= 4 is 46.7 Å². The van der Waals surface area contributed by atoms with E-state index in [2.05, 4.69) is 5.32 Å². The molecule has 0 saturated carbocycles. The van der Waals surface area contributed by atoms with Gasteiger partial charge in [-0.3, -0.25) is 9.59 Å². The van der Waals surface area contributed by atoms with Gasteiger partial charge < -0.3 is 19.5 Å². The van der Waals surface area contributed by atoms with Gasteiger partial charge in [-0.05, 0) is 49.6 Å². The molecular weight excluding hydrogens is 489 g/mol. The number of halogens is 3. The number of hydrogen-bond donors (Lipinski definition) is 1. The summed E-state index contributed by atoms with van der Waals surface area (Å²) < 4.78 is 16.2. The predicted octanol–water partition coefficient (Wildman–Crippen LogP) is 5.69. The molecule has 0 bridgehead atoms. The first-order valence-corrected chi connectivity index (χ1v) is 11.4. The molecule has 1 aliphatic carbocycles. The Morgan fingerprint density at radius 2 is 1.76 bits per heavy atom. The Morgan fingerprint density at radius 1 is 1.06 bits per heavy atom. The topological polar surface area (TPSA) is 73.9 Å². The Morgan fingerprint density at radius 3 is 2.36 bits per heavy atom. The summed E-state index contributed by atoms with van der Waals surface area (Å²) in [6, 6.07) is 7.87. The van der Waals surface area contributed by atoms with Crippen LogP contribution in [0.15, 0.2) is 42.5 Å². The zero-order valence-corrected chi connectivity index (χ0v) is 20.6. The molecule has 3 atom stereocenters. The van der Waals surface area contributed by atoms with Gasteiger partial charge >= 0.3 is 5.97 Å². The summed E-state index contributed by atoms with van der Waals surface area (Å²) in [7, 11) is 3.10. The molecule has 9 heteroatoms. The minimum atomic E-state index is -0.643. The highest BCUT2D eigenvalue weighted by molar-refractivity contribution is 6.42. The van der Waals surface area contributed by atoms with Crippen LogP contribution < -0.4 is 14.8 Å². The van der Waals surface area contributed by atoms with Crippen LogP contribution in [0.3, 0.4) is 0 Å². The monoisotopic (exact) mass is 511 g/mol. The molecule has 1 aliphatic rings. The first-order chi connectivity index (χ1) is 15.8. The number of carbonyl (C=O) groups excluding carboxylic acids is 2. The fraction of sp³-hybridized carbons (Fsp3) is 0.333. The first kappa shape index (κ1) is 25.2. The van der Waals surface area contributed by atoms with Crippen molar-refractivity contribution in [1.82, 2.24) is 5.32 Å². The van der Waals surface area contributed by atoms with Crippen LogP contribution in [0.25, 0.3) is 0 Å². The molecule has 0 unspecified atom stereocenters. The largest absolute Gasteiger partial charge is 0.497 e. The van der Waals surface area contributed by atoms with E-state index in [-0.39, 0.29) is 40.1 Å². The predicted molar refractivity (Wildman–Crippen MR) is 129 cm³/mol. The lowest BCUT2D eigenvalue weighted by atomic mass is 9.84. The lowest BCUT2D eigenvalue weighted by Crippen LogP contribution is -2.34. The van der Waals surface area contributed by atoms with Crippen molar-refractivity contribution in [3.63, 3.8) is 0 Å². The summed E-state index contributed by atoms with van der Waals surface area (Å²) in [6.07, 6.45) is 4.22. The van der Waals surface area contributed by atoms with E-state index in [1.165, 1.54) is 12.1 Å². The van der Waals surface area contributed by atoms with Gasteiger partial charge in [0.15, 0.2) is 0 Å². The summed E-state index contributed by atoms with van der Waals surface area (Å²) in [5, 5.41) is 3.57. The SMILES string of the molecule is CCOC(=O)[C@H](c1cc(OC)ccc1OC)[C@@H]1C=C[C@@H](NC(=O)c2c(Cl)cc(Cl)cc2Cl)C1. The number of nitrogens with one attached hydrogen (secondary N) is 1. The molecule has 0 aliphatic heterocycles. The normalized spacial score (nSPS) is 18.0. The Bertz CT molecular complexity index is 1050. The molecule has 3 rings (SSSR count). The minimum absolute atomic E-state index is 0.149. The molecule has 0 spiro atoms. The number of rotatable bonds is 8. The van der Waals surface area contributed by atoms with Crippen LogP contribution in [0.4, 0.5) is 0 Å². The fourth-order valence-corrected chi connectivity index (χ4v) is 4.92. The smallest absolute Gasteiger partial charge is 0.314 e. The minimum Gasteiger partial charge on any atom is -0.497 e. The summed E-state index contributed by atoms with van der Waals surface area (Å²) in [5.74, 6) is -0.547. The molecule has 1 amide bonds. The van der Waals surface area contributed by atoms with E-state index in [0.717, 1.165) is 0 Å². The van der Waals surface area contributed by atoms with Gasteiger partial charge in [0, 0.05) is 16.6 Å². The maximum Gasteiger partial charge on any atom is 0.314 e. The van der Waals surface area contributed by atoms with Crippen molar-refractivity contribution in [3.8, 4) is 11.5 Å². The van der Waals surface area contributed by atoms with Crippen LogP contribution in [0.5, 0.6) is 11.5 Å². The van der Waals surface area contributed by atoms with Crippen molar-refractivity contribution in [2.75, 3.05) is 20.8 Å². The van der Waals surface area contributed by atoms with E-state index >= 15 is 0 Å². The molecule has 176 valence electrons. The van der Waals surface area contributed by atoms with Crippen LogP contribution >= 0.6 is 34.8 Å². The van der Waals surface area contributed by atoms with E-state index in [1.54, 1.807) is 39.3 Å². The Hall–Kier alpha value is -2.41. The van der Waals surface area contributed by atoms with Crippen LogP contribution in [0.2, 0.25) is 15.1 Å². The molecule has 2 aromatic carbocycles. The molecular formula is C24H24Cl3NO5. The van der Waals surface area contributed by atoms with Crippen molar-refractivity contribution < 1.29 is 23.8 Å². The number of esters is 1. The van der Waals surface area contributed by atoms with E-state index in [1.807, 2.05) is 12.2 Å². The van der Waals surface area contributed by atoms with Crippen molar-refractivity contribution in [3.05, 3.63) is 68.7 Å². The Kier molecular flexibility index (Phi) is 8.51. The van der Waals surface area contributed by atoms with Crippen molar-refractivity contribution in [1.29, 1.82) is 0 Å². The van der Waals surface area contributed by atoms with Gasteiger partial charge in [-0.2, -0.15) is 0 Å². The van der Waals surface area contributed by atoms with Gasteiger partial charge in [-0.15, -0.1) is 0 Å². The number of benzene rings is 2. The molecule has 2 aromatic rings. The average Bonchev–Trinajstić information content (AvgIpc) is 3.21. The summed E-state index contributed by atoms with van der Waals surface area (Å²) in [4.78, 5) is 25.8. The maximum atomic E-state index is 13.0. The van der Waals surface area contributed by atoms with Crippen LogP contribution in [0, 0.1) is 5.92 Å². The van der Waals surface area contributed by atoms with Gasteiger partial charge in [0.2, 0.25) is 0 Å². The first-order valence-electron chi connectivity index (χ1n) is 10.3. The fourth-order valence-electron chi connectivity index (χ4n) is 3.93. The average molecular weight is 513 g/mol. The van der Waals surface area contributed by atoms with E-state index < -0.39 is 11.8 Å². The zero-order chi connectivity index (χ0) is 24.1. The number of carbonyl (C=O) groups is 2. The van der Waals surface area contributed by atoms with E-state index in [9.17, 15) is 9.59 Å². The van der Waals surface area contributed by atoms with Gasteiger partial charge in [0.1, 0.15) is 11.5 Å².